The summed E-state index contributed by atoms with van der Waals surface area (Å²) in [6.45, 7) is 0.459. The maximum Gasteiger partial charge on any atom is 0.303 e. The van der Waals surface area contributed by atoms with Crippen molar-refractivity contribution in [1.82, 2.24) is 5.32 Å². The average molecular weight is 321 g/mol. The van der Waals surface area contributed by atoms with Crippen molar-refractivity contribution < 1.29 is 19.8 Å². The number of hydrogen-bond donors (Lipinski definition) is 4. The van der Waals surface area contributed by atoms with E-state index in [1.165, 1.54) is 5.56 Å². The lowest BCUT2D eigenvalue weighted by atomic mass is 10.1. The predicted octanol–water partition coefficient (Wildman–Crippen LogP) is 0.644. The number of aliphatic hydroxyl groups excluding tert-OH is 1. The van der Waals surface area contributed by atoms with Crippen molar-refractivity contribution in [2.75, 3.05) is 6.54 Å². The molecule has 0 spiro atoms. The van der Waals surface area contributed by atoms with Gasteiger partial charge in [0.2, 0.25) is 5.91 Å². The Kier molecular flexibility index (Phi) is 8.38. The molecule has 0 fully saturated rings. The number of nitrogens with two attached hydrogens (primary N) is 1. The van der Waals surface area contributed by atoms with Crippen LogP contribution in [0, 0.1) is 0 Å². The number of benzene rings is 1. The zero-order valence-corrected chi connectivity index (χ0v) is 12.9. The number of carboxylic acids is 1. The molecule has 1 aromatic carbocycles. The number of unbranched alkanes of at least 4 members (excludes halogenated alkanes) is 1. The molecule has 7 nitrogen and oxygen atoms in total. The molecule has 1 rings (SSSR count). The summed E-state index contributed by atoms with van der Waals surface area (Å²) >= 11 is 0. The fourth-order valence-electron chi connectivity index (χ4n) is 2.03. The van der Waals surface area contributed by atoms with Gasteiger partial charge in [0.05, 0.1) is 6.21 Å². The van der Waals surface area contributed by atoms with E-state index in [-0.39, 0.29) is 12.8 Å². The molecular weight excluding hydrogens is 298 g/mol. The van der Waals surface area contributed by atoms with Crippen molar-refractivity contribution in [2.45, 2.75) is 38.2 Å². The molecule has 0 aromatic heterocycles. The van der Waals surface area contributed by atoms with Gasteiger partial charge in [0, 0.05) is 13.0 Å². The smallest absolute Gasteiger partial charge is 0.303 e. The Balaban J connectivity index is 2.17. The third-order valence-corrected chi connectivity index (χ3v) is 3.33. The molecule has 0 saturated carbocycles. The minimum atomic E-state index is -1.26. The number of nitrogens with zero attached hydrogens (tertiary/aromatic N) is 1. The summed E-state index contributed by atoms with van der Waals surface area (Å²) in [5.74, 6) is 3.54. The van der Waals surface area contributed by atoms with Crippen molar-refractivity contribution in [3.05, 3.63) is 35.4 Å². The van der Waals surface area contributed by atoms with Crippen LogP contribution in [0.25, 0.3) is 0 Å². The summed E-state index contributed by atoms with van der Waals surface area (Å²) < 4.78 is 0. The van der Waals surface area contributed by atoms with E-state index in [9.17, 15) is 14.7 Å². The van der Waals surface area contributed by atoms with Crippen LogP contribution in [0.3, 0.4) is 0 Å². The van der Waals surface area contributed by atoms with E-state index in [1.807, 2.05) is 24.3 Å². The Morgan fingerprint density at radius 1 is 1.26 bits per heavy atom. The van der Waals surface area contributed by atoms with Gasteiger partial charge in [-0.2, -0.15) is 5.10 Å². The first-order valence-corrected chi connectivity index (χ1v) is 7.52. The number of rotatable bonds is 10. The van der Waals surface area contributed by atoms with Gasteiger partial charge in [-0.15, -0.1) is 0 Å². The number of carboxylic acid groups (broad SMARTS) is 1. The van der Waals surface area contributed by atoms with Gasteiger partial charge in [-0.05, 0) is 36.8 Å². The minimum Gasteiger partial charge on any atom is -0.481 e. The Labute approximate surface area is 135 Å². The molecule has 1 amide bonds. The normalized spacial score (nSPS) is 12.2. The molecule has 1 atom stereocenters. The van der Waals surface area contributed by atoms with Gasteiger partial charge in [0.25, 0.3) is 0 Å². The third kappa shape index (κ3) is 7.96. The van der Waals surface area contributed by atoms with Crippen LogP contribution in [0.1, 0.15) is 36.8 Å². The van der Waals surface area contributed by atoms with Crippen LogP contribution in [0.4, 0.5) is 0 Å². The minimum absolute atomic E-state index is 0.0698. The van der Waals surface area contributed by atoms with E-state index in [4.69, 9.17) is 10.9 Å². The highest BCUT2D eigenvalue weighted by molar-refractivity contribution is 5.81. The van der Waals surface area contributed by atoms with Crippen LogP contribution >= 0.6 is 0 Å². The zero-order chi connectivity index (χ0) is 17.1. The van der Waals surface area contributed by atoms with Gasteiger partial charge >= 0.3 is 5.97 Å². The summed E-state index contributed by atoms with van der Waals surface area (Å²) in [7, 11) is 0. The molecule has 0 bridgehead atoms. The summed E-state index contributed by atoms with van der Waals surface area (Å²) in [6, 6.07) is 7.88. The van der Waals surface area contributed by atoms with Crippen LogP contribution in [0.15, 0.2) is 29.4 Å². The standard InChI is InChI=1S/C16H23N3O4/c17-19-11-13-6-4-12(5-7-13)3-1-2-10-18-16(23)14(20)8-9-15(21)22/h4-7,11,14,20H,1-3,8-10,17H2,(H,18,23)(H,21,22)/t14-/m1/s1. The van der Waals surface area contributed by atoms with Gasteiger partial charge < -0.3 is 21.4 Å². The highest BCUT2D eigenvalue weighted by Crippen LogP contribution is 2.06. The number of carbonyl (C=O) groups excluding carboxylic acids is 1. The topological polar surface area (TPSA) is 125 Å². The molecule has 5 N–H and O–H groups in total. The van der Waals surface area contributed by atoms with Gasteiger partial charge in [-0.3, -0.25) is 9.59 Å². The number of aliphatic hydroxyl groups is 1. The average Bonchev–Trinajstić information content (AvgIpc) is 2.53. The van der Waals surface area contributed by atoms with Gasteiger partial charge in [-0.1, -0.05) is 24.3 Å². The predicted molar refractivity (Wildman–Crippen MR) is 87.0 cm³/mol. The summed E-state index contributed by atoms with van der Waals surface area (Å²) in [5, 5.41) is 24.0. The number of aryl methyl sites for hydroxylation is 1. The maximum atomic E-state index is 11.5. The lowest BCUT2D eigenvalue weighted by Crippen LogP contribution is -2.35. The zero-order valence-electron chi connectivity index (χ0n) is 12.9. The number of carbonyl (C=O) groups is 2. The van der Waals surface area contributed by atoms with Crippen molar-refractivity contribution in [3.8, 4) is 0 Å². The third-order valence-electron chi connectivity index (χ3n) is 3.33. The van der Waals surface area contributed by atoms with Gasteiger partial charge in [0.15, 0.2) is 0 Å². The summed E-state index contributed by atoms with van der Waals surface area (Å²) in [4.78, 5) is 21.9. The Morgan fingerprint density at radius 2 is 1.96 bits per heavy atom. The van der Waals surface area contributed by atoms with Crippen LogP contribution < -0.4 is 11.2 Å². The van der Waals surface area contributed by atoms with Crippen molar-refractivity contribution in [1.29, 1.82) is 0 Å². The first-order chi connectivity index (χ1) is 11.0. The van der Waals surface area contributed by atoms with Crippen LogP contribution in [-0.2, 0) is 16.0 Å². The van der Waals surface area contributed by atoms with E-state index in [0.29, 0.717) is 6.54 Å². The molecule has 0 aliphatic carbocycles. The Bertz CT molecular complexity index is 529. The Morgan fingerprint density at radius 3 is 2.57 bits per heavy atom. The quantitative estimate of drug-likeness (QED) is 0.218. The molecule has 0 heterocycles. The molecule has 7 heteroatoms. The van der Waals surface area contributed by atoms with Crippen molar-refractivity contribution in [2.24, 2.45) is 10.9 Å². The molecular formula is C16H23N3O4. The first kappa shape index (κ1) is 18.6. The molecule has 1 aromatic rings. The molecule has 126 valence electrons. The fourth-order valence-corrected chi connectivity index (χ4v) is 2.03. The van der Waals surface area contributed by atoms with Gasteiger partial charge in [0.1, 0.15) is 6.10 Å². The number of nitrogens with one attached hydrogen (secondary N) is 1. The van der Waals surface area contributed by atoms with E-state index < -0.39 is 18.0 Å². The number of amides is 1. The van der Waals surface area contributed by atoms with E-state index in [2.05, 4.69) is 10.4 Å². The second-order valence-electron chi connectivity index (χ2n) is 5.22. The van der Waals surface area contributed by atoms with E-state index >= 15 is 0 Å². The van der Waals surface area contributed by atoms with Crippen LogP contribution in [0.5, 0.6) is 0 Å². The fraction of sp³-hybridized carbons (Fsp3) is 0.438. The van der Waals surface area contributed by atoms with Crippen LogP contribution in [-0.4, -0.2) is 41.0 Å². The molecule has 0 radical (unpaired) electrons. The summed E-state index contributed by atoms with van der Waals surface area (Å²) in [6.07, 6.45) is 2.59. The summed E-state index contributed by atoms with van der Waals surface area (Å²) in [5.41, 5.74) is 2.13. The van der Waals surface area contributed by atoms with E-state index in [1.54, 1.807) is 6.21 Å². The lowest BCUT2D eigenvalue weighted by molar-refractivity contribution is -0.138. The SMILES string of the molecule is NN=Cc1ccc(CCCCNC(=O)[C@H](O)CCC(=O)O)cc1. The van der Waals surface area contributed by atoms with Gasteiger partial charge in [-0.25, -0.2) is 0 Å². The van der Waals surface area contributed by atoms with E-state index in [0.717, 1.165) is 24.8 Å². The number of aliphatic carboxylic acids is 1. The monoisotopic (exact) mass is 321 g/mol. The second-order valence-corrected chi connectivity index (χ2v) is 5.22. The highest BCUT2D eigenvalue weighted by Gasteiger charge is 2.15. The Hall–Kier alpha value is -2.41. The second kappa shape index (κ2) is 10.3. The van der Waals surface area contributed by atoms with Crippen molar-refractivity contribution >= 4 is 18.1 Å². The van der Waals surface area contributed by atoms with Crippen molar-refractivity contribution in [3.63, 3.8) is 0 Å². The molecule has 0 saturated heterocycles. The largest absolute Gasteiger partial charge is 0.481 e. The molecule has 23 heavy (non-hydrogen) atoms. The lowest BCUT2D eigenvalue weighted by Gasteiger charge is -2.10. The molecule has 0 unspecified atom stereocenters. The number of hydrogen-bond acceptors (Lipinski definition) is 5. The first-order valence-electron chi connectivity index (χ1n) is 7.52. The maximum absolute atomic E-state index is 11.5. The molecule has 0 aliphatic rings. The van der Waals surface area contributed by atoms with Crippen LogP contribution in [0.2, 0.25) is 0 Å². The number of hydrazone groups is 1. The molecule has 0 aliphatic heterocycles. The highest BCUT2D eigenvalue weighted by atomic mass is 16.4.